The van der Waals surface area contributed by atoms with Crippen LogP contribution in [0.15, 0.2) is 23.8 Å². The summed E-state index contributed by atoms with van der Waals surface area (Å²) in [6, 6.07) is 6.01. The summed E-state index contributed by atoms with van der Waals surface area (Å²) in [5, 5.41) is 2.84. The molecule has 24 heavy (non-hydrogen) atoms. The second-order valence-electron chi connectivity index (χ2n) is 8.59. The summed E-state index contributed by atoms with van der Waals surface area (Å²) < 4.78 is 6.13. The summed E-state index contributed by atoms with van der Waals surface area (Å²) >= 11 is 0. The van der Waals surface area contributed by atoms with Gasteiger partial charge in [0.15, 0.2) is 0 Å². The van der Waals surface area contributed by atoms with Crippen molar-refractivity contribution in [1.82, 2.24) is 0 Å². The molecule has 4 saturated carbocycles. The van der Waals surface area contributed by atoms with E-state index in [1.807, 2.05) is 12.1 Å². The first-order valence-corrected chi connectivity index (χ1v) is 9.35. The first kappa shape index (κ1) is 14.6. The fourth-order valence-corrected chi connectivity index (χ4v) is 6.25. The van der Waals surface area contributed by atoms with Crippen LogP contribution in [0.25, 0.3) is 6.08 Å². The molecule has 4 fully saturated rings. The lowest BCUT2D eigenvalue weighted by Crippen LogP contribution is -2.47. The summed E-state index contributed by atoms with van der Waals surface area (Å²) in [5.74, 6) is 3.73. The highest BCUT2D eigenvalue weighted by molar-refractivity contribution is 5.89. The Bertz CT molecular complexity index is 698. The lowest BCUT2D eigenvalue weighted by molar-refractivity contribution is -0.114. The van der Waals surface area contributed by atoms with Gasteiger partial charge in [-0.25, -0.2) is 0 Å². The highest BCUT2D eigenvalue weighted by Crippen LogP contribution is 2.63. The van der Waals surface area contributed by atoms with Gasteiger partial charge in [0.25, 0.3) is 0 Å². The van der Waals surface area contributed by atoms with Crippen LogP contribution in [0.2, 0.25) is 0 Å². The van der Waals surface area contributed by atoms with E-state index in [1.165, 1.54) is 56.6 Å². The van der Waals surface area contributed by atoms with Crippen LogP contribution in [0.5, 0.6) is 5.75 Å². The van der Waals surface area contributed by atoms with Crippen molar-refractivity contribution in [1.29, 1.82) is 0 Å². The van der Waals surface area contributed by atoms with Gasteiger partial charge in [-0.15, -0.1) is 0 Å². The van der Waals surface area contributed by atoms with Crippen LogP contribution in [-0.2, 0) is 4.79 Å². The first-order chi connectivity index (χ1) is 11.6. The van der Waals surface area contributed by atoms with Gasteiger partial charge in [-0.1, -0.05) is 0 Å². The minimum atomic E-state index is -0.0458. The number of fused-ring (bicyclic) bond motifs is 1. The van der Waals surface area contributed by atoms with Crippen LogP contribution in [0.3, 0.4) is 0 Å². The molecule has 3 nitrogen and oxygen atoms in total. The monoisotopic (exact) mass is 323 g/mol. The highest BCUT2D eigenvalue weighted by Gasteiger charge is 2.52. The fourth-order valence-electron chi connectivity index (χ4n) is 6.25. The fraction of sp³-hybridized carbons (Fsp3) is 0.571. The Labute approximate surface area is 143 Å². The number of rotatable bonds is 2. The summed E-state index contributed by atoms with van der Waals surface area (Å²) in [6.07, 6.45) is 11.0. The van der Waals surface area contributed by atoms with E-state index in [-0.39, 0.29) is 5.91 Å². The Morgan fingerprint density at radius 1 is 1.12 bits per heavy atom. The molecule has 1 N–H and O–H groups in total. The lowest BCUT2D eigenvalue weighted by atomic mass is 9.47. The molecule has 6 rings (SSSR count). The SMILES string of the molecule is CC(=O)Nc1ccc2c(c1)OCC(C13CC4CC(CC(C4)C1)C3)=C2. The predicted octanol–water partition coefficient (Wildman–Crippen LogP) is 4.64. The van der Waals surface area contributed by atoms with E-state index >= 15 is 0 Å². The molecule has 1 aromatic rings. The van der Waals surface area contributed by atoms with Crippen molar-refractivity contribution >= 4 is 17.7 Å². The van der Waals surface area contributed by atoms with E-state index in [0.29, 0.717) is 5.41 Å². The average molecular weight is 323 g/mol. The maximum Gasteiger partial charge on any atom is 0.221 e. The Kier molecular flexibility index (Phi) is 3.10. The zero-order valence-corrected chi connectivity index (χ0v) is 14.3. The van der Waals surface area contributed by atoms with E-state index in [0.717, 1.165) is 35.8 Å². The molecular weight excluding hydrogens is 298 g/mol. The molecule has 3 heteroatoms. The van der Waals surface area contributed by atoms with Gasteiger partial charge in [0.2, 0.25) is 5.91 Å². The number of anilines is 1. The van der Waals surface area contributed by atoms with Gasteiger partial charge in [-0.2, -0.15) is 0 Å². The molecule has 0 atom stereocenters. The Morgan fingerprint density at radius 2 is 1.79 bits per heavy atom. The molecule has 4 bridgehead atoms. The van der Waals surface area contributed by atoms with E-state index < -0.39 is 0 Å². The minimum absolute atomic E-state index is 0.0458. The van der Waals surface area contributed by atoms with Crippen molar-refractivity contribution in [2.24, 2.45) is 23.2 Å². The number of hydrogen-bond acceptors (Lipinski definition) is 2. The molecule has 0 aromatic heterocycles. The quantitative estimate of drug-likeness (QED) is 0.861. The first-order valence-electron chi connectivity index (χ1n) is 9.35. The van der Waals surface area contributed by atoms with Crippen LogP contribution in [0.4, 0.5) is 5.69 Å². The zero-order chi connectivity index (χ0) is 16.3. The van der Waals surface area contributed by atoms with Crippen molar-refractivity contribution in [2.45, 2.75) is 45.4 Å². The van der Waals surface area contributed by atoms with Gasteiger partial charge < -0.3 is 10.1 Å². The van der Waals surface area contributed by atoms with Crippen LogP contribution >= 0.6 is 0 Å². The molecule has 0 unspecified atom stereocenters. The van der Waals surface area contributed by atoms with Crippen molar-refractivity contribution in [2.75, 3.05) is 11.9 Å². The predicted molar refractivity (Wildman–Crippen MR) is 94.8 cm³/mol. The summed E-state index contributed by atoms with van der Waals surface area (Å²) in [5.41, 5.74) is 3.93. The van der Waals surface area contributed by atoms with E-state index in [9.17, 15) is 4.79 Å². The standard InChI is InChI=1S/C21H25NO2/c1-13(23)22-19-3-2-17-7-18(12-24-20(17)8-19)21-9-14-4-15(10-21)6-16(5-14)11-21/h2-3,7-8,14-16H,4-6,9-12H2,1H3,(H,22,23). The van der Waals surface area contributed by atoms with Crippen molar-refractivity contribution in [3.05, 3.63) is 29.3 Å². The molecule has 0 radical (unpaired) electrons. The Balaban J connectivity index is 1.46. The second-order valence-corrected chi connectivity index (χ2v) is 8.59. The van der Waals surface area contributed by atoms with Crippen LogP contribution in [0, 0.1) is 23.2 Å². The van der Waals surface area contributed by atoms with Crippen LogP contribution in [-0.4, -0.2) is 12.5 Å². The number of benzene rings is 1. The third-order valence-electron chi connectivity index (χ3n) is 6.77. The van der Waals surface area contributed by atoms with Gasteiger partial charge in [-0.3, -0.25) is 4.79 Å². The molecule has 0 saturated heterocycles. The molecule has 4 aliphatic carbocycles. The minimum Gasteiger partial charge on any atom is -0.489 e. The maximum atomic E-state index is 11.2. The number of amides is 1. The normalized spacial score (nSPS) is 35.9. The van der Waals surface area contributed by atoms with Gasteiger partial charge in [0, 0.05) is 24.2 Å². The number of carbonyl (C=O) groups excluding carboxylic acids is 1. The molecule has 1 amide bonds. The number of carbonyl (C=O) groups is 1. The van der Waals surface area contributed by atoms with Gasteiger partial charge >= 0.3 is 0 Å². The lowest BCUT2D eigenvalue weighted by Gasteiger charge is -2.58. The van der Waals surface area contributed by atoms with E-state index in [1.54, 1.807) is 0 Å². The maximum absolute atomic E-state index is 11.2. The largest absolute Gasteiger partial charge is 0.489 e. The van der Waals surface area contributed by atoms with Gasteiger partial charge in [-0.05, 0) is 85.5 Å². The topological polar surface area (TPSA) is 38.3 Å². The third kappa shape index (κ3) is 2.28. The van der Waals surface area contributed by atoms with Crippen molar-refractivity contribution in [3.63, 3.8) is 0 Å². The summed E-state index contributed by atoms with van der Waals surface area (Å²) in [4.78, 5) is 11.2. The smallest absolute Gasteiger partial charge is 0.221 e. The average Bonchev–Trinajstić information content (AvgIpc) is 2.52. The molecule has 126 valence electrons. The van der Waals surface area contributed by atoms with Crippen molar-refractivity contribution in [3.8, 4) is 5.75 Å². The Hall–Kier alpha value is -1.77. The van der Waals surface area contributed by atoms with Crippen molar-refractivity contribution < 1.29 is 9.53 Å². The van der Waals surface area contributed by atoms with Crippen LogP contribution in [0.1, 0.15) is 51.0 Å². The summed E-state index contributed by atoms with van der Waals surface area (Å²) in [7, 11) is 0. The number of hydrogen-bond donors (Lipinski definition) is 1. The van der Waals surface area contributed by atoms with E-state index in [4.69, 9.17) is 4.74 Å². The highest BCUT2D eigenvalue weighted by atomic mass is 16.5. The number of ether oxygens (including phenoxy) is 1. The summed E-state index contributed by atoms with van der Waals surface area (Å²) in [6.45, 7) is 2.26. The molecule has 5 aliphatic rings. The number of nitrogens with one attached hydrogen (secondary N) is 1. The van der Waals surface area contributed by atoms with Gasteiger partial charge in [0.05, 0.1) is 0 Å². The Morgan fingerprint density at radius 3 is 2.42 bits per heavy atom. The third-order valence-corrected chi connectivity index (χ3v) is 6.77. The second kappa shape index (κ2) is 5.11. The molecular formula is C21H25NO2. The molecule has 1 aliphatic heterocycles. The molecule has 1 aromatic carbocycles. The molecule has 0 spiro atoms. The van der Waals surface area contributed by atoms with Crippen LogP contribution < -0.4 is 10.1 Å². The molecule has 1 heterocycles. The van der Waals surface area contributed by atoms with Gasteiger partial charge in [0.1, 0.15) is 12.4 Å². The van der Waals surface area contributed by atoms with E-state index in [2.05, 4.69) is 17.5 Å². The zero-order valence-electron chi connectivity index (χ0n) is 14.3.